The van der Waals surface area contributed by atoms with Crippen LogP contribution in [0.3, 0.4) is 0 Å². The van der Waals surface area contributed by atoms with Crippen molar-refractivity contribution in [2.24, 2.45) is 0 Å². The van der Waals surface area contributed by atoms with Crippen molar-refractivity contribution in [2.75, 3.05) is 34.5 Å². The summed E-state index contributed by atoms with van der Waals surface area (Å²) in [6.45, 7) is 2.37. The van der Waals surface area contributed by atoms with Crippen LogP contribution < -0.4 is 0 Å². The minimum absolute atomic E-state index is 0.191. The van der Waals surface area contributed by atoms with Crippen molar-refractivity contribution in [1.29, 1.82) is 0 Å². The van der Waals surface area contributed by atoms with Crippen LogP contribution >= 0.6 is 0 Å². The fourth-order valence-electron chi connectivity index (χ4n) is 0.940. The monoisotopic (exact) mass is 224 g/mol. The molecule has 0 aliphatic rings. The van der Waals surface area contributed by atoms with Gasteiger partial charge in [-0.25, -0.2) is 0 Å². The predicted octanol–water partition coefficient (Wildman–Crippen LogP) is 0.298. The zero-order valence-corrected chi connectivity index (χ0v) is 9.69. The molecule has 0 saturated carbocycles. The molecule has 6 nitrogen and oxygen atoms in total. The summed E-state index contributed by atoms with van der Waals surface area (Å²) < 4.78 is 24.9. The van der Waals surface area contributed by atoms with Crippen LogP contribution in [0.25, 0.3) is 0 Å². The molecule has 1 atom stereocenters. The van der Waals surface area contributed by atoms with Gasteiger partial charge in [-0.2, -0.15) is 0 Å². The summed E-state index contributed by atoms with van der Waals surface area (Å²) in [7, 11) is 4.23. The van der Waals surface area contributed by atoms with Gasteiger partial charge < -0.3 is 28.8 Å². The van der Waals surface area contributed by atoms with Crippen molar-refractivity contribution in [1.82, 2.24) is 0 Å². The lowest BCUT2D eigenvalue weighted by Crippen LogP contribution is -2.41. The molecule has 92 valence electrons. The normalized spacial score (nSPS) is 14.2. The number of hydrogen-bond acceptors (Lipinski definition) is 6. The van der Waals surface area contributed by atoms with Crippen molar-refractivity contribution < 1.29 is 28.8 Å². The maximum Gasteiger partial charge on any atom is 0.412 e. The first-order chi connectivity index (χ1) is 7.14. The second kappa shape index (κ2) is 7.98. The van der Waals surface area contributed by atoms with Crippen LogP contribution in [0.2, 0.25) is 0 Å². The van der Waals surface area contributed by atoms with Crippen LogP contribution in [-0.4, -0.2) is 52.1 Å². The molecule has 0 radical (unpaired) electrons. The first-order valence-corrected chi connectivity index (χ1v) is 4.73. The molecule has 0 aromatic heterocycles. The van der Waals surface area contributed by atoms with E-state index in [0.717, 1.165) is 0 Å². The van der Waals surface area contributed by atoms with Gasteiger partial charge in [-0.15, -0.1) is 0 Å². The molecule has 0 saturated heterocycles. The van der Waals surface area contributed by atoms with Gasteiger partial charge in [0, 0.05) is 27.8 Å². The number of methoxy groups -OCH3 is 3. The largest absolute Gasteiger partial charge is 0.412 e. The molecule has 0 fully saturated rings. The van der Waals surface area contributed by atoms with E-state index < -0.39 is 12.4 Å². The molecule has 0 spiro atoms. The second-order valence-electron chi connectivity index (χ2n) is 2.67. The maximum absolute atomic E-state index is 9.11. The van der Waals surface area contributed by atoms with E-state index in [1.807, 2.05) is 0 Å². The van der Waals surface area contributed by atoms with Crippen LogP contribution in [0.4, 0.5) is 0 Å². The molecule has 1 N–H and O–H groups in total. The van der Waals surface area contributed by atoms with E-state index in [2.05, 4.69) is 4.74 Å². The van der Waals surface area contributed by atoms with Gasteiger partial charge in [-0.3, -0.25) is 0 Å². The third-order valence-corrected chi connectivity index (χ3v) is 1.74. The Morgan fingerprint density at radius 2 is 1.73 bits per heavy atom. The zero-order chi connectivity index (χ0) is 11.7. The predicted molar refractivity (Wildman–Crippen MR) is 52.0 cm³/mol. The summed E-state index contributed by atoms with van der Waals surface area (Å²) in [5.41, 5.74) is 0. The van der Waals surface area contributed by atoms with Crippen molar-refractivity contribution >= 4 is 0 Å². The number of ether oxygens (including phenoxy) is 5. The third kappa shape index (κ3) is 5.41. The van der Waals surface area contributed by atoms with Crippen molar-refractivity contribution in [3.8, 4) is 0 Å². The van der Waals surface area contributed by atoms with Gasteiger partial charge in [0.15, 0.2) is 6.29 Å². The number of aliphatic hydroxyl groups is 1. The summed E-state index contributed by atoms with van der Waals surface area (Å²) in [5, 5.41) is 9.11. The van der Waals surface area contributed by atoms with E-state index in [0.29, 0.717) is 13.0 Å². The molecule has 15 heavy (non-hydrogen) atoms. The highest BCUT2D eigenvalue weighted by Crippen LogP contribution is 2.15. The molecule has 0 aliphatic carbocycles. The van der Waals surface area contributed by atoms with Crippen LogP contribution in [0.5, 0.6) is 0 Å². The lowest BCUT2D eigenvalue weighted by molar-refractivity contribution is -0.486. The molecule has 1 unspecified atom stereocenters. The van der Waals surface area contributed by atoms with E-state index in [1.54, 1.807) is 6.92 Å². The number of aliphatic hydroxyl groups excluding tert-OH is 1. The minimum atomic E-state index is -1.50. The summed E-state index contributed by atoms with van der Waals surface area (Å²) in [5.74, 6) is 0. The van der Waals surface area contributed by atoms with Crippen molar-refractivity contribution in [3.63, 3.8) is 0 Å². The Labute approximate surface area is 90.0 Å². The molecule has 0 heterocycles. The Morgan fingerprint density at radius 3 is 2.13 bits per heavy atom. The minimum Gasteiger partial charge on any atom is -0.368 e. The molecule has 0 bridgehead atoms. The fraction of sp³-hybridized carbons (Fsp3) is 1.00. The standard InChI is InChI=1S/C9H20O6/c1-5-14-9(12-3,13-4)15-7-6-8(10)11-2/h8,10H,5-7H2,1-4H3. The average Bonchev–Trinajstić information content (AvgIpc) is 2.27. The molecule has 0 aromatic rings. The van der Waals surface area contributed by atoms with Gasteiger partial charge in [0.05, 0.1) is 13.2 Å². The quantitative estimate of drug-likeness (QED) is 0.568. The highest BCUT2D eigenvalue weighted by Gasteiger charge is 2.32. The number of hydrogen-bond donors (Lipinski definition) is 1. The Balaban J connectivity index is 3.94. The Morgan fingerprint density at radius 1 is 1.13 bits per heavy atom. The van der Waals surface area contributed by atoms with Crippen LogP contribution in [0.15, 0.2) is 0 Å². The van der Waals surface area contributed by atoms with Crippen LogP contribution in [0.1, 0.15) is 13.3 Å². The second-order valence-corrected chi connectivity index (χ2v) is 2.67. The van der Waals surface area contributed by atoms with Gasteiger partial charge in [-0.1, -0.05) is 0 Å². The smallest absolute Gasteiger partial charge is 0.368 e. The molecule has 0 amide bonds. The Kier molecular flexibility index (Phi) is 7.85. The summed E-state index contributed by atoms with van der Waals surface area (Å²) >= 11 is 0. The van der Waals surface area contributed by atoms with E-state index >= 15 is 0 Å². The summed E-state index contributed by atoms with van der Waals surface area (Å²) in [4.78, 5) is 0. The zero-order valence-electron chi connectivity index (χ0n) is 9.69. The van der Waals surface area contributed by atoms with Gasteiger partial charge in [0.2, 0.25) is 0 Å². The van der Waals surface area contributed by atoms with Crippen molar-refractivity contribution in [2.45, 2.75) is 25.8 Å². The topological polar surface area (TPSA) is 66.4 Å². The lowest BCUT2D eigenvalue weighted by Gasteiger charge is -2.28. The highest BCUT2D eigenvalue weighted by atomic mass is 17.0. The molecule has 0 aromatic carbocycles. The molecule has 6 heteroatoms. The van der Waals surface area contributed by atoms with Gasteiger partial charge in [0.25, 0.3) is 0 Å². The van der Waals surface area contributed by atoms with E-state index in [-0.39, 0.29) is 6.61 Å². The SMILES string of the molecule is CCOC(OC)(OC)OCCC(O)OC. The van der Waals surface area contributed by atoms with Gasteiger partial charge >= 0.3 is 6.16 Å². The van der Waals surface area contributed by atoms with Crippen LogP contribution in [0, 0.1) is 0 Å². The first kappa shape index (κ1) is 14.8. The first-order valence-electron chi connectivity index (χ1n) is 4.73. The Bertz CT molecular complexity index is 148. The van der Waals surface area contributed by atoms with E-state index in [9.17, 15) is 0 Å². The van der Waals surface area contributed by atoms with Crippen LogP contribution in [-0.2, 0) is 23.7 Å². The maximum atomic E-state index is 9.11. The third-order valence-electron chi connectivity index (χ3n) is 1.74. The average molecular weight is 224 g/mol. The summed E-state index contributed by atoms with van der Waals surface area (Å²) in [6.07, 6.45) is -2.06. The summed E-state index contributed by atoms with van der Waals surface area (Å²) in [6, 6.07) is 0. The van der Waals surface area contributed by atoms with E-state index in [1.165, 1.54) is 21.3 Å². The molecule has 0 rings (SSSR count). The molecule has 0 aliphatic heterocycles. The van der Waals surface area contributed by atoms with Gasteiger partial charge in [-0.05, 0) is 6.92 Å². The lowest BCUT2D eigenvalue weighted by atomic mass is 10.4. The number of rotatable bonds is 9. The van der Waals surface area contributed by atoms with Crippen molar-refractivity contribution in [3.05, 3.63) is 0 Å². The Hall–Kier alpha value is -0.240. The van der Waals surface area contributed by atoms with E-state index in [4.69, 9.17) is 24.1 Å². The van der Waals surface area contributed by atoms with Gasteiger partial charge in [0.1, 0.15) is 0 Å². The highest BCUT2D eigenvalue weighted by molar-refractivity contribution is 4.43. The molecular formula is C9H20O6. The fourth-order valence-corrected chi connectivity index (χ4v) is 0.940. The molecular weight excluding hydrogens is 204 g/mol.